The molecule has 0 saturated heterocycles. The lowest BCUT2D eigenvalue weighted by atomic mass is 10.2. The van der Waals surface area contributed by atoms with Crippen molar-refractivity contribution in [3.05, 3.63) is 58.6 Å². The zero-order valence-corrected chi connectivity index (χ0v) is 10.1. The van der Waals surface area contributed by atoms with Crippen LogP contribution in [-0.2, 0) is 6.54 Å². The van der Waals surface area contributed by atoms with Crippen LogP contribution in [0, 0.1) is 17.1 Å². The summed E-state index contributed by atoms with van der Waals surface area (Å²) in [7, 11) is 0. The molecule has 0 aliphatic heterocycles. The van der Waals surface area contributed by atoms with Gasteiger partial charge in [-0.05, 0) is 24.3 Å². The fourth-order valence-electron chi connectivity index (χ4n) is 1.51. The van der Waals surface area contributed by atoms with Crippen LogP contribution >= 0.6 is 11.6 Å². The minimum Gasteiger partial charge on any atom is -0.378 e. The van der Waals surface area contributed by atoms with Crippen molar-refractivity contribution < 1.29 is 4.39 Å². The van der Waals surface area contributed by atoms with Crippen LogP contribution in [0.4, 0.5) is 10.1 Å². The molecule has 1 aromatic heterocycles. The molecule has 0 radical (unpaired) electrons. The lowest BCUT2D eigenvalue weighted by molar-refractivity contribution is 0.630. The van der Waals surface area contributed by atoms with Crippen molar-refractivity contribution in [2.75, 3.05) is 5.32 Å². The zero-order valence-electron chi connectivity index (χ0n) is 9.32. The Morgan fingerprint density at radius 2 is 2.22 bits per heavy atom. The molecule has 0 aliphatic rings. The summed E-state index contributed by atoms with van der Waals surface area (Å²) in [6.45, 7) is 0.313. The third kappa shape index (κ3) is 2.76. The second-order valence-electron chi connectivity index (χ2n) is 3.60. The highest BCUT2D eigenvalue weighted by atomic mass is 35.5. The highest BCUT2D eigenvalue weighted by Crippen LogP contribution is 2.20. The average Bonchev–Trinajstić information content (AvgIpc) is 2.40. The number of nitrogens with one attached hydrogen (secondary N) is 1. The fourth-order valence-corrected chi connectivity index (χ4v) is 1.68. The Morgan fingerprint density at radius 1 is 1.39 bits per heavy atom. The molecule has 1 aromatic carbocycles. The summed E-state index contributed by atoms with van der Waals surface area (Å²) in [6.07, 6.45) is 1.54. The van der Waals surface area contributed by atoms with E-state index < -0.39 is 0 Å². The molecule has 2 aromatic rings. The van der Waals surface area contributed by atoms with Crippen LogP contribution in [-0.4, -0.2) is 4.98 Å². The highest BCUT2D eigenvalue weighted by molar-refractivity contribution is 6.30. The van der Waals surface area contributed by atoms with Crippen molar-refractivity contribution in [1.29, 1.82) is 5.26 Å². The van der Waals surface area contributed by atoms with E-state index in [1.165, 1.54) is 18.2 Å². The van der Waals surface area contributed by atoms with E-state index in [0.29, 0.717) is 28.5 Å². The minimum absolute atomic E-state index is 0.301. The Kier molecular flexibility index (Phi) is 3.75. The van der Waals surface area contributed by atoms with E-state index in [1.807, 2.05) is 6.07 Å². The topological polar surface area (TPSA) is 48.7 Å². The van der Waals surface area contributed by atoms with Gasteiger partial charge >= 0.3 is 0 Å². The summed E-state index contributed by atoms with van der Waals surface area (Å²) in [6, 6.07) is 9.75. The molecule has 5 heteroatoms. The van der Waals surface area contributed by atoms with Gasteiger partial charge in [0.05, 0.1) is 5.69 Å². The van der Waals surface area contributed by atoms with Gasteiger partial charge in [0.15, 0.2) is 0 Å². The van der Waals surface area contributed by atoms with Gasteiger partial charge in [-0.3, -0.25) is 0 Å². The molecular weight excluding hydrogens is 253 g/mol. The Balaban J connectivity index is 2.17. The molecule has 0 spiro atoms. The van der Waals surface area contributed by atoms with Gasteiger partial charge in [0.1, 0.15) is 17.6 Å². The molecule has 1 heterocycles. The van der Waals surface area contributed by atoms with E-state index in [1.54, 1.807) is 18.3 Å². The maximum atomic E-state index is 13.5. The van der Waals surface area contributed by atoms with E-state index in [2.05, 4.69) is 10.3 Å². The number of hydrogen-bond acceptors (Lipinski definition) is 3. The van der Waals surface area contributed by atoms with E-state index >= 15 is 0 Å². The largest absolute Gasteiger partial charge is 0.378 e. The summed E-state index contributed by atoms with van der Waals surface area (Å²) in [5, 5.41) is 12.2. The maximum absolute atomic E-state index is 13.5. The van der Waals surface area contributed by atoms with Crippen molar-refractivity contribution in [2.45, 2.75) is 6.54 Å². The predicted octanol–water partition coefficient (Wildman–Crippen LogP) is 3.36. The number of nitriles is 1. The number of hydrogen-bond donors (Lipinski definition) is 1. The van der Waals surface area contributed by atoms with E-state index in [9.17, 15) is 4.39 Å². The van der Waals surface area contributed by atoms with Gasteiger partial charge in [-0.25, -0.2) is 9.37 Å². The lowest BCUT2D eigenvalue weighted by Gasteiger charge is -2.08. The number of benzene rings is 1. The number of rotatable bonds is 3. The summed E-state index contributed by atoms with van der Waals surface area (Å²) in [5.41, 5.74) is 1.34. The smallest absolute Gasteiger partial charge is 0.146 e. The predicted molar refractivity (Wildman–Crippen MR) is 67.7 cm³/mol. The van der Waals surface area contributed by atoms with Crippen molar-refractivity contribution in [3.63, 3.8) is 0 Å². The molecule has 1 N–H and O–H groups in total. The highest BCUT2D eigenvalue weighted by Gasteiger charge is 2.05. The Morgan fingerprint density at radius 3 is 3.00 bits per heavy atom. The molecular formula is C13H9ClFN3. The van der Waals surface area contributed by atoms with Gasteiger partial charge in [-0.15, -0.1) is 0 Å². The third-order valence-corrected chi connectivity index (χ3v) is 2.63. The molecule has 2 rings (SSSR count). The number of pyridine rings is 1. The first kappa shape index (κ1) is 12.3. The number of aromatic nitrogens is 1. The number of nitrogens with zero attached hydrogens (tertiary/aromatic N) is 2. The molecule has 18 heavy (non-hydrogen) atoms. The Hall–Kier alpha value is -2.12. The van der Waals surface area contributed by atoms with Crippen LogP contribution in [0.15, 0.2) is 36.5 Å². The molecule has 0 unspecified atom stereocenters. The zero-order chi connectivity index (χ0) is 13.0. The summed E-state index contributed by atoms with van der Waals surface area (Å²) in [5.74, 6) is -0.387. The van der Waals surface area contributed by atoms with Gasteiger partial charge in [0, 0.05) is 23.3 Å². The SMILES string of the molecule is N#Cc1ncccc1CNc1cc(Cl)ccc1F. The summed E-state index contributed by atoms with van der Waals surface area (Å²) in [4.78, 5) is 3.93. The van der Waals surface area contributed by atoms with Crippen LogP contribution in [0.25, 0.3) is 0 Å². The molecule has 0 atom stereocenters. The van der Waals surface area contributed by atoms with Gasteiger partial charge in [0.25, 0.3) is 0 Å². The van der Waals surface area contributed by atoms with Gasteiger partial charge in [-0.2, -0.15) is 5.26 Å². The number of halogens is 2. The molecule has 0 saturated carbocycles. The first-order chi connectivity index (χ1) is 8.70. The molecule has 0 aliphatic carbocycles. The van der Waals surface area contributed by atoms with Crippen molar-refractivity contribution in [1.82, 2.24) is 4.98 Å². The Labute approximate surface area is 109 Å². The maximum Gasteiger partial charge on any atom is 0.146 e. The quantitative estimate of drug-likeness (QED) is 0.922. The standard InChI is InChI=1S/C13H9ClFN3/c14-10-3-4-11(15)12(6-10)18-8-9-2-1-5-17-13(9)7-16/h1-6,18H,8H2. The molecule has 0 amide bonds. The van der Waals surface area contributed by atoms with Crippen LogP contribution < -0.4 is 5.32 Å². The third-order valence-electron chi connectivity index (χ3n) is 2.39. The average molecular weight is 262 g/mol. The summed E-state index contributed by atoms with van der Waals surface area (Å²) >= 11 is 5.79. The van der Waals surface area contributed by atoms with E-state index in [-0.39, 0.29) is 5.82 Å². The molecule has 3 nitrogen and oxygen atoms in total. The molecule has 90 valence electrons. The van der Waals surface area contributed by atoms with E-state index in [0.717, 1.165) is 0 Å². The summed E-state index contributed by atoms with van der Waals surface area (Å²) < 4.78 is 13.5. The second-order valence-corrected chi connectivity index (χ2v) is 4.04. The van der Waals surface area contributed by atoms with Gasteiger partial charge in [0.2, 0.25) is 0 Å². The first-order valence-electron chi connectivity index (χ1n) is 5.23. The van der Waals surface area contributed by atoms with Crippen LogP contribution in [0.3, 0.4) is 0 Å². The van der Waals surface area contributed by atoms with Gasteiger partial charge in [-0.1, -0.05) is 17.7 Å². The monoisotopic (exact) mass is 261 g/mol. The normalized spacial score (nSPS) is 9.83. The van der Waals surface area contributed by atoms with Crippen LogP contribution in [0.5, 0.6) is 0 Å². The van der Waals surface area contributed by atoms with Crippen molar-refractivity contribution in [3.8, 4) is 6.07 Å². The lowest BCUT2D eigenvalue weighted by Crippen LogP contribution is -2.04. The number of anilines is 1. The van der Waals surface area contributed by atoms with E-state index in [4.69, 9.17) is 16.9 Å². The molecule has 0 fully saturated rings. The first-order valence-corrected chi connectivity index (χ1v) is 5.61. The Bertz CT molecular complexity index is 607. The fraction of sp³-hybridized carbons (Fsp3) is 0.0769. The van der Waals surface area contributed by atoms with Crippen molar-refractivity contribution in [2.24, 2.45) is 0 Å². The minimum atomic E-state index is -0.387. The second kappa shape index (κ2) is 5.48. The van der Waals surface area contributed by atoms with Crippen molar-refractivity contribution >= 4 is 17.3 Å². The van der Waals surface area contributed by atoms with Gasteiger partial charge < -0.3 is 5.32 Å². The molecule has 0 bridgehead atoms. The van der Waals surface area contributed by atoms with Crippen LogP contribution in [0.1, 0.15) is 11.3 Å². The van der Waals surface area contributed by atoms with Crippen LogP contribution in [0.2, 0.25) is 5.02 Å².